The number of H-pyrrole nitrogens is 1. The molecule has 0 aliphatic rings. The predicted molar refractivity (Wildman–Crippen MR) is 128 cm³/mol. The predicted octanol–water partition coefficient (Wildman–Crippen LogP) is 3.84. The van der Waals surface area contributed by atoms with Crippen molar-refractivity contribution in [2.24, 2.45) is 0 Å². The third-order valence-electron chi connectivity index (χ3n) is 5.67. The van der Waals surface area contributed by atoms with Gasteiger partial charge in [0.2, 0.25) is 5.91 Å². The van der Waals surface area contributed by atoms with Gasteiger partial charge in [-0.15, -0.1) is 0 Å². The SMILES string of the molecule is CN(Cc1cn(-c2ccccc2)nc1-c1ccccc1)C(=O)Cn1c(=O)[nH]c2ccccc21. The molecule has 0 fully saturated rings. The minimum Gasteiger partial charge on any atom is -0.340 e. The number of likely N-dealkylation sites (N-methyl/N-ethyl adjacent to an activating group) is 1. The number of nitrogens with one attached hydrogen (secondary N) is 1. The van der Waals surface area contributed by atoms with Gasteiger partial charge in [-0.25, -0.2) is 9.48 Å². The van der Waals surface area contributed by atoms with Gasteiger partial charge >= 0.3 is 5.69 Å². The van der Waals surface area contributed by atoms with Crippen LogP contribution in [0.25, 0.3) is 28.0 Å². The van der Waals surface area contributed by atoms with Gasteiger partial charge < -0.3 is 9.88 Å². The van der Waals surface area contributed by atoms with E-state index in [2.05, 4.69) is 4.98 Å². The van der Waals surface area contributed by atoms with Crippen LogP contribution >= 0.6 is 0 Å². The highest BCUT2D eigenvalue weighted by Gasteiger charge is 2.18. The molecule has 3 aromatic carbocycles. The van der Waals surface area contributed by atoms with Gasteiger partial charge in [-0.05, 0) is 24.3 Å². The molecule has 1 N–H and O–H groups in total. The summed E-state index contributed by atoms with van der Waals surface area (Å²) in [6.45, 7) is 0.333. The quantitative estimate of drug-likeness (QED) is 0.439. The summed E-state index contributed by atoms with van der Waals surface area (Å²) in [5.74, 6) is -0.159. The lowest BCUT2D eigenvalue weighted by molar-refractivity contribution is -0.131. The molecule has 0 unspecified atom stereocenters. The standard InChI is InChI=1S/C26H23N5O2/c1-29(24(32)18-30-23-15-9-8-14-22(23)27-26(30)33)16-20-17-31(21-12-6-3-7-13-21)28-25(20)19-10-4-2-5-11-19/h2-15,17H,16,18H2,1H3,(H,27,33). The van der Waals surface area contributed by atoms with Crippen LogP contribution in [-0.4, -0.2) is 37.2 Å². The zero-order valence-electron chi connectivity index (χ0n) is 18.2. The fourth-order valence-corrected chi connectivity index (χ4v) is 3.94. The Hall–Kier alpha value is -4.39. The lowest BCUT2D eigenvalue weighted by Gasteiger charge is -2.17. The number of hydrogen-bond acceptors (Lipinski definition) is 3. The average Bonchev–Trinajstić information content (AvgIpc) is 3.41. The van der Waals surface area contributed by atoms with Gasteiger partial charge in [-0.2, -0.15) is 5.10 Å². The Bertz CT molecular complexity index is 1470. The van der Waals surface area contributed by atoms with Crippen molar-refractivity contribution in [3.8, 4) is 16.9 Å². The molecule has 0 bridgehead atoms. The first-order valence-corrected chi connectivity index (χ1v) is 10.7. The minimum absolute atomic E-state index is 0.0349. The van der Waals surface area contributed by atoms with E-state index in [0.717, 1.165) is 22.5 Å². The molecule has 0 spiro atoms. The summed E-state index contributed by atoms with van der Waals surface area (Å²) in [5, 5.41) is 4.81. The average molecular weight is 438 g/mol. The molecular weight excluding hydrogens is 414 g/mol. The molecule has 0 radical (unpaired) electrons. The summed E-state index contributed by atoms with van der Waals surface area (Å²) in [6, 6.07) is 27.2. The van der Waals surface area contributed by atoms with Crippen molar-refractivity contribution >= 4 is 16.9 Å². The van der Waals surface area contributed by atoms with Crippen LogP contribution in [0.4, 0.5) is 0 Å². The van der Waals surface area contributed by atoms with Gasteiger partial charge in [0.1, 0.15) is 6.54 Å². The van der Waals surface area contributed by atoms with Crippen LogP contribution in [-0.2, 0) is 17.9 Å². The Morgan fingerprint density at radius 3 is 2.36 bits per heavy atom. The van der Waals surface area contributed by atoms with Crippen molar-refractivity contribution in [3.63, 3.8) is 0 Å². The molecule has 2 aromatic heterocycles. The van der Waals surface area contributed by atoms with Crippen molar-refractivity contribution in [1.29, 1.82) is 0 Å². The first-order valence-electron chi connectivity index (χ1n) is 10.7. The van der Waals surface area contributed by atoms with E-state index in [1.54, 1.807) is 11.9 Å². The van der Waals surface area contributed by atoms with Crippen molar-refractivity contribution in [3.05, 3.63) is 107 Å². The molecule has 5 rings (SSSR count). The van der Waals surface area contributed by atoms with Crippen molar-refractivity contribution < 1.29 is 4.79 Å². The normalized spacial score (nSPS) is 11.1. The number of amides is 1. The van der Waals surface area contributed by atoms with Crippen LogP contribution in [0.3, 0.4) is 0 Å². The number of nitrogens with zero attached hydrogens (tertiary/aromatic N) is 4. The summed E-state index contributed by atoms with van der Waals surface area (Å²) in [7, 11) is 1.75. The van der Waals surface area contributed by atoms with Crippen LogP contribution in [0.5, 0.6) is 0 Å². The molecule has 33 heavy (non-hydrogen) atoms. The summed E-state index contributed by atoms with van der Waals surface area (Å²) >= 11 is 0. The molecular formula is C26H23N5O2. The van der Waals surface area contributed by atoms with E-state index in [9.17, 15) is 9.59 Å². The van der Waals surface area contributed by atoms with E-state index in [-0.39, 0.29) is 18.1 Å². The van der Waals surface area contributed by atoms with Gasteiger partial charge in [0.25, 0.3) is 0 Å². The number of carbonyl (C=O) groups is 1. The maximum absolute atomic E-state index is 13.1. The summed E-state index contributed by atoms with van der Waals surface area (Å²) in [4.78, 5) is 29.9. The lowest BCUT2D eigenvalue weighted by atomic mass is 10.1. The summed E-state index contributed by atoms with van der Waals surface area (Å²) < 4.78 is 3.31. The number of aromatic amines is 1. The molecule has 0 atom stereocenters. The molecule has 2 heterocycles. The number of benzene rings is 3. The number of imidazole rings is 1. The second-order valence-corrected chi connectivity index (χ2v) is 7.93. The Labute approximate surface area is 190 Å². The fraction of sp³-hybridized carbons (Fsp3) is 0.115. The van der Waals surface area contributed by atoms with Crippen molar-refractivity contribution in [2.75, 3.05) is 7.05 Å². The zero-order valence-corrected chi connectivity index (χ0v) is 18.2. The van der Waals surface area contributed by atoms with Gasteiger partial charge in [0.05, 0.1) is 22.4 Å². The van der Waals surface area contributed by atoms with E-state index in [4.69, 9.17) is 5.10 Å². The van der Waals surface area contributed by atoms with E-state index < -0.39 is 0 Å². The van der Waals surface area contributed by atoms with Crippen LogP contribution in [0.15, 0.2) is 95.9 Å². The molecule has 0 saturated heterocycles. The Balaban J connectivity index is 1.44. The maximum atomic E-state index is 13.1. The van der Waals surface area contributed by atoms with Gasteiger partial charge in [0, 0.05) is 30.9 Å². The monoisotopic (exact) mass is 437 g/mol. The molecule has 164 valence electrons. The third-order valence-corrected chi connectivity index (χ3v) is 5.67. The van der Waals surface area contributed by atoms with Crippen LogP contribution in [0, 0.1) is 0 Å². The Morgan fingerprint density at radius 2 is 1.61 bits per heavy atom. The number of para-hydroxylation sites is 3. The third kappa shape index (κ3) is 4.08. The first kappa shape index (κ1) is 20.5. The van der Waals surface area contributed by atoms with Gasteiger partial charge in [-0.1, -0.05) is 60.7 Å². The summed E-state index contributed by atoms with van der Waals surface area (Å²) in [6.07, 6.45) is 1.96. The number of carbonyl (C=O) groups excluding carboxylic acids is 1. The molecule has 5 aromatic rings. The molecule has 0 aliphatic heterocycles. The largest absolute Gasteiger partial charge is 0.340 e. The maximum Gasteiger partial charge on any atom is 0.326 e. The van der Waals surface area contributed by atoms with E-state index in [1.807, 2.05) is 95.8 Å². The van der Waals surface area contributed by atoms with Gasteiger partial charge in [-0.3, -0.25) is 9.36 Å². The van der Waals surface area contributed by atoms with Gasteiger partial charge in [0.15, 0.2) is 0 Å². The molecule has 7 nitrogen and oxygen atoms in total. The first-order chi connectivity index (χ1) is 16.1. The lowest BCUT2D eigenvalue weighted by Crippen LogP contribution is -2.32. The van der Waals surface area contributed by atoms with Crippen molar-refractivity contribution in [1.82, 2.24) is 24.2 Å². The van der Waals surface area contributed by atoms with Crippen LogP contribution in [0.1, 0.15) is 5.56 Å². The zero-order chi connectivity index (χ0) is 22.8. The highest BCUT2D eigenvalue weighted by atomic mass is 16.2. The number of rotatable bonds is 6. The number of aromatic nitrogens is 4. The second-order valence-electron chi connectivity index (χ2n) is 7.93. The fourth-order valence-electron chi connectivity index (χ4n) is 3.94. The topological polar surface area (TPSA) is 75.9 Å². The van der Waals surface area contributed by atoms with Crippen LogP contribution in [0.2, 0.25) is 0 Å². The second kappa shape index (κ2) is 8.63. The number of hydrogen-bond donors (Lipinski definition) is 1. The molecule has 0 aliphatic carbocycles. The van der Waals surface area contributed by atoms with Crippen LogP contribution < -0.4 is 5.69 Å². The highest BCUT2D eigenvalue weighted by molar-refractivity contribution is 5.80. The summed E-state index contributed by atoms with van der Waals surface area (Å²) in [5.41, 5.74) is 4.81. The Morgan fingerprint density at radius 1 is 0.939 bits per heavy atom. The molecule has 1 amide bonds. The van der Waals surface area contributed by atoms with Crippen molar-refractivity contribution in [2.45, 2.75) is 13.1 Å². The minimum atomic E-state index is -0.292. The van der Waals surface area contributed by atoms with E-state index >= 15 is 0 Å². The Kier molecular flexibility index (Phi) is 5.36. The number of fused-ring (bicyclic) bond motifs is 1. The molecule has 0 saturated carbocycles. The van der Waals surface area contributed by atoms with E-state index in [1.165, 1.54) is 4.57 Å². The highest BCUT2D eigenvalue weighted by Crippen LogP contribution is 2.25. The smallest absolute Gasteiger partial charge is 0.326 e. The molecule has 7 heteroatoms. The van der Waals surface area contributed by atoms with E-state index in [0.29, 0.717) is 17.6 Å².